The summed E-state index contributed by atoms with van der Waals surface area (Å²) in [5.41, 5.74) is 0.451. The van der Waals surface area contributed by atoms with Gasteiger partial charge in [0.2, 0.25) is 0 Å². The van der Waals surface area contributed by atoms with E-state index in [4.69, 9.17) is 11.6 Å². The van der Waals surface area contributed by atoms with Crippen LogP contribution in [0.2, 0.25) is 5.15 Å². The Bertz CT molecular complexity index is 382. The molecule has 1 rings (SSSR count). The van der Waals surface area contributed by atoms with Crippen molar-refractivity contribution in [2.75, 3.05) is 6.54 Å². The van der Waals surface area contributed by atoms with Crippen LogP contribution in [0.4, 0.5) is 0 Å². The average molecular weight is 283 g/mol. The van der Waals surface area contributed by atoms with Crippen LogP contribution in [0.25, 0.3) is 0 Å². The highest BCUT2D eigenvalue weighted by Gasteiger charge is 2.09. The fourth-order valence-corrected chi connectivity index (χ4v) is 2.14. The van der Waals surface area contributed by atoms with Crippen LogP contribution in [0.1, 0.15) is 62.2 Å². The number of hydrogen-bond acceptors (Lipinski definition) is 2. The monoisotopic (exact) mass is 282 g/mol. The van der Waals surface area contributed by atoms with Crippen molar-refractivity contribution in [3.63, 3.8) is 0 Å². The molecule has 19 heavy (non-hydrogen) atoms. The molecule has 3 nitrogen and oxygen atoms in total. The van der Waals surface area contributed by atoms with E-state index in [1.54, 1.807) is 18.3 Å². The standard InChI is InChI=1S/C15H23ClN2O/c1-2-3-4-5-6-7-8-11-18-15(19)13-10-9-12-17-14(13)16/h9-10,12H,2-8,11H2,1H3,(H,18,19). The van der Waals surface area contributed by atoms with E-state index in [-0.39, 0.29) is 11.1 Å². The normalized spacial score (nSPS) is 10.4. The number of aromatic nitrogens is 1. The van der Waals surface area contributed by atoms with E-state index in [1.807, 2.05) is 0 Å². The second-order valence-corrected chi connectivity index (χ2v) is 5.08. The van der Waals surface area contributed by atoms with Crippen LogP contribution in [-0.4, -0.2) is 17.4 Å². The lowest BCUT2D eigenvalue weighted by molar-refractivity contribution is 0.0952. The fourth-order valence-electron chi connectivity index (χ4n) is 1.93. The van der Waals surface area contributed by atoms with E-state index < -0.39 is 0 Å². The predicted molar refractivity (Wildman–Crippen MR) is 79.6 cm³/mol. The van der Waals surface area contributed by atoms with Gasteiger partial charge in [0.15, 0.2) is 0 Å². The average Bonchev–Trinajstić information content (AvgIpc) is 2.42. The second-order valence-electron chi connectivity index (χ2n) is 4.72. The second kappa shape index (κ2) is 9.79. The Hall–Kier alpha value is -1.09. The first-order valence-corrected chi connectivity index (χ1v) is 7.52. The van der Waals surface area contributed by atoms with Gasteiger partial charge in [0.25, 0.3) is 5.91 Å². The molecule has 0 aromatic carbocycles. The largest absolute Gasteiger partial charge is 0.352 e. The molecule has 106 valence electrons. The Balaban J connectivity index is 2.10. The molecule has 0 fully saturated rings. The predicted octanol–water partition coefficient (Wildman–Crippen LogP) is 4.22. The number of nitrogens with zero attached hydrogens (tertiary/aromatic N) is 1. The number of carbonyl (C=O) groups is 1. The maximum absolute atomic E-state index is 11.8. The van der Waals surface area contributed by atoms with Crippen molar-refractivity contribution in [1.82, 2.24) is 10.3 Å². The highest BCUT2D eigenvalue weighted by Crippen LogP contribution is 2.11. The van der Waals surface area contributed by atoms with Crippen molar-refractivity contribution < 1.29 is 4.79 Å². The van der Waals surface area contributed by atoms with E-state index in [2.05, 4.69) is 17.2 Å². The highest BCUT2D eigenvalue weighted by molar-refractivity contribution is 6.32. The summed E-state index contributed by atoms with van der Waals surface area (Å²) in [5, 5.41) is 3.14. The van der Waals surface area contributed by atoms with Crippen LogP contribution < -0.4 is 5.32 Å². The van der Waals surface area contributed by atoms with Crippen LogP contribution in [0.15, 0.2) is 18.3 Å². The van der Waals surface area contributed by atoms with Gasteiger partial charge in [0, 0.05) is 12.7 Å². The molecule has 4 heteroatoms. The Morgan fingerprint density at radius 3 is 2.58 bits per heavy atom. The molecule has 1 amide bonds. The molecule has 1 N–H and O–H groups in total. The first kappa shape index (κ1) is 16.0. The summed E-state index contributed by atoms with van der Waals surface area (Å²) in [6.45, 7) is 2.93. The lowest BCUT2D eigenvalue weighted by atomic mass is 10.1. The minimum atomic E-state index is -0.135. The summed E-state index contributed by atoms with van der Waals surface area (Å²) < 4.78 is 0. The molecule has 0 saturated heterocycles. The van der Waals surface area contributed by atoms with E-state index >= 15 is 0 Å². The summed E-state index contributed by atoms with van der Waals surface area (Å²) in [4.78, 5) is 15.7. The first-order valence-electron chi connectivity index (χ1n) is 7.14. The van der Waals surface area contributed by atoms with Gasteiger partial charge in [-0.25, -0.2) is 4.98 Å². The van der Waals surface area contributed by atoms with Gasteiger partial charge in [-0.15, -0.1) is 0 Å². The molecule has 0 aliphatic heterocycles. The molecule has 0 atom stereocenters. The number of pyridine rings is 1. The van der Waals surface area contributed by atoms with Crippen molar-refractivity contribution in [3.05, 3.63) is 29.0 Å². The van der Waals surface area contributed by atoms with Crippen LogP contribution in [0.5, 0.6) is 0 Å². The van der Waals surface area contributed by atoms with Crippen LogP contribution >= 0.6 is 11.6 Å². The van der Waals surface area contributed by atoms with Gasteiger partial charge in [-0.2, -0.15) is 0 Å². The smallest absolute Gasteiger partial charge is 0.254 e. The summed E-state index contributed by atoms with van der Waals surface area (Å²) in [6.07, 6.45) is 10.3. The lowest BCUT2D eigenvalue weighted by Crippen LogP contribution is -2.24. The van der Waals surface area contributed by atoms with Crippen molar-refractivity contribution in [2.45, 2.75) is 51.9 Å². The fraction of sp³-hybridized carbons (Fsp3) is 0.600. The SMILES string of the molecule is CCCCCCCCCNC(=O)c1cccnc1Cl. The number of carbonyl (C=O) groups excluding carboxylic acids is 1. The molecule has 0 bridgehead atoms. The molecule has 0 spiro atoms. The topological polar surface area (TPSA) is 42.0 Å². The molecule has 0 radical (unpaired) electrons. The van der Waals surface area contributed by atoms with E-state index in [0.29, 0.717) is 12.1 Å². The van der Waals surface area contributed by atoms with Gasteiger partial charge in [0.05, 0.1) is 5.56 Å². The summed E-state index contributed by atoms with van der Waals surface area (Å²) in [7, 11) is 0. The Morgan fingerprint density at radius 1 is 1.21 bits per heavy atom. The summed E-state index contributed by atoms with van der Waals surface area (Å²) >= 11 is 5.86. The first-order chi connectivity index (χ1) is 9.25. The van der Waals surface area contributed by atoms with Gasteiger partial charge in [0.1, 0.15) is 5.15 Å². The molecule has 0 unspecified atom stereocenters. The minimum Gasteiger partial charge on any atom is -0.352 e. The molecule has 0 aliphatic rings. The molecular weight excluding hydrogens is 260 g/mol. The molecule has 1 heterocycles. The van der Waals surface area contributed by atoms with Gasteiger partial charge in [-0.1, -0.05) is 57.0 Å². The van der Waals surface area contributed by atoms with Crippen molar-refractivity contribution in [1.29, 1.82) is 0 Å². The third-order valence-electron chi connectivity index (χ3n) is 3.07. The molecule has 1 aromatic rings. The molecular formula is C15H23ClN2O. The van der Waals surface area contributed by atoms with Crippen molar-refractivity contribution >= 4 is 17.5 Å². The Kier molecular flexibility index (Phi) is 8.23. The van der Waals surface area contributed by atoms with Gasteiger partial charge >= 0.3 is 0 Å². The van der Waals surface area contributed by atoms with Crippen LogP contribution in [0.3, 0.4) is 0 Å². The van der Waals surface area contributed by atoms with Crippen molar-refractivity contribution in [2.24, 2.45) is 0 Å². The number of rotatable bonds is 9. The van der Waals surface area contributed by atoms with E-state index in [9.17, 15) is 4.79 Å². The number of hydrogen-bond donors (Lipinski definition) is 1. The summed E-state index contributed by atoms with van der Waals surface area (Å²) in [5.74, 6) is -0.135. The minimum absolute atomic E-state index is 0.135. The number of nitrogens with one attached hydrogen (secondary N) is 1. The molecule has 0 saturated carbocycles. The Morgan fingerprint density at radius 2 is 1.89 bits per heavy atom. The third kappa shape index (κ3) is 6.58. The molecule has 1 aromatic heterocycles. The number of amides is 1. The van der Waals surface area contributed by atoms with Gasteiger partial charge in [-0.3, -0.25) is 4.79 Å². The van der Waals surface area contributed by atoms with Gasteiger partial charge < -0.3 is 5.32 Å². The van der Waals surface area contributed by atoms with Crippen molar-refractivity contribution in [3.8, 4) is 0 Å². The third-order valence-corrected chi connectivity index (χ3v) is 3.37. The van der Waals surface area contributed by atoms with E-state index in [0.717, 1.165) is 6.42 Å². The van der Waals surface area contributed by atoms with Crippen LogP contribution in [-0.2, 0) is 0 Å². The maximum atomic E-state index is 11.8. The maximum Gasteiger partial charge on any atom is 0.254 e. The zero-order valence-corrected chi connectivity index (χ0v) is 12.4. The van der Waals surface area contributed by atoms with Gasteiger partial charge in [-0.05, 0) is 18.6 Å². The lowest BCUT2D eigenvalue weighted by Gasteiger charge is -2.06. The summed E-state index contributed by atoms with van der Waals surface area (Å²) in [6, 6.07) is 3.41. The highest BCUT2D eigenvalue weighted by atomic mass is 35.5. The quantitative estimate of drug-likeness (QED) is 0.544. The Labute approximate surface area is 120 Å². The van der Waals surface area contributed by atoms with E-state index in [1.165, 1.54) is 38.5 Å². The molecule has 0 aliphatic carbocycles. The number of halogens is 1. The zero-order valence-electron chi connectivity index (χ0n) is 11.6. The van der Waals surface area contributed by atoms with Crippen LogP contribution in [0, 0.1) is 0 Å². The number of unbranched alkanes of at least 4 members (excludes halogenated alkanes) is 6. The zero-order chi connectivity index (χ0) is 13.9.